The largest absolute Gasteiger partial charge is 0.336 e. The third-order valence-corrected chi connectivity index (χ3v) is 3.75. The van der Waals surface area contributed by atoms with Gasteiger partial charge in [-0.1, -0.05) is 23.9 Å². The monoisotopic (exact) mass is 243 g/mol. The molecule has 17 heavy (non-hydrogen) atoms. The summed E-state index contributed by atoms with van der Waals surface area (Å²) in [6, 6.07) is 7.87. The molecule has 3 heterocycles. The Kier molecular flexibility index (Phi) is 1.69. The SMILES string of the molecule is CC1=NN2c3nc4ccccc4nc3NC2S1. The van der Waals surface area contributed by atoms with Crippen LogP contribution in [0, 0.1) is 0 Å². The number of para-hydroxylation sites is 2. The maximum Gasteiger partial charge on any atom is 0.195 e. The smallest absolute Gasteiger partial charge is 0.195 e. The average Bonchev–Trinajstić information content (AvgIpc) is 2.82. The van der Waals surface area contributed by atoms with Crippen molar-refractivity contribution in [1.82, 2.24) is 9.97 Å². The van der Waals surface area contributed by atoms with Crippen molar-refractivity contribution in [2.24, 2.45) is 5.10 Å². The fraction of sp³-hybridized carbons (Fsp3) is 0.182. The Morgan fingerprint density at radius 2 is 2.00 bits per heavy atom. The van der Waals surface area contributed by atoms with E-state index in [1.807, 2.05) is 36.2 Å². The molecule has 2 aromatic rings. The Morgan fingerprint density at radius 1 is 1.24 bits per heavy atom. The molecule has 1 aromatic carbocycles. The standard InChI is InChI=1S/C11H9N5S/c1-6-15-16-10-9(14-11(16)17-6)12-7-4-2-3-5-8(7)13-10/h2-5,11H,1H3,(H,12,14). The van der Waals surface area contributed by atoms with Crippen LogP contribution in [0.25, 0.3) is 11.0 Å². The third kappa shape index (κ3) is 1.24. The third-order valence-electron chi connectivity index (χ3n) is 2.78. The van der Waals surface area contributed by atoms with Crippen LogP contribution >= 0.6 is 11.8 Å². The van der Waals surface area contributed by atoms with Crippen LogP contribution in [-0.4, -0.2) is 20.5 Å². The number of thioether (sulfide) groups is 1. The Balaban J connectivity index is 1.95. The lowest BCUT2D eigenvalue weighted by Gasteiger charge is -2.10. The molecule has 6 heteroatoms. The minimum atomic E-state index is 0.113. The number of nitrogens with one attached hydrogen (secondary N) is 1. The van der Waals surface area contributed by atoms with Crippen molar-refractivity contribution < 1.29 is 0 Å². The summed E-state index contributed by atoms with van der Waals surface area (Å²) in [5.41, 5.74) is 1.92. The molecule has 0 bridgehead atoms. The van der Waals surface area contributed by atoms with Gasteiger partial charge in [-0.3, -0.25) is 0 Å². The lowest BCUT2D eigenvalue weighted by molar-refractivity contribution is 0.902. The van der Waals surface area contributed by atoms with E-state index in [9.17, 15) is 0 Å². The molecule has 0 radical (unpaired) electrons. The van der Waals surface area contributed by atoms with E-state index in [1.54, 1.807) is 11.8 Å². The highest BCUT2D eigenvalue weighted by Crippen LogP contribution is 2.40. The van der Waals surface area contributed by atoms with Crippen molar-refractivity contribution in [2.45, 2.75) is 12.4 Å². The number of aromatic nitrogens is 2. The van der Waals surface area contributed by atoms with Crippen molar-refractivity contribution >= 4 is 39.5 Å². The first-order valence-corrected chi connectivity index (χ1v) is 6.24. The predicted octanol–water partition coefficient (Wildman–Crippen LogP) is 2.23. The van der Waals surface area contributed by atoms with Crippen molar-refractivity contribution in [1.29, 1.82) is 0 Å². The van der Waals surface area contributed by atoms with Gasteiger partial charge in [0.1, 0.15) is 0 Å². The van der Waals surface area contributed by atoms with Gasteiger partial charge in [0.15, 0.2) is 17.1 Å². The normalized spacial score (nSPS) is 21.1. The number of anilines is 2. The van der Waals surface area contributed by atoms with Crippen molar-refractivity contribution in [3.8, 4) is 0 Å². The molecule has 0 saturated carbocycles. The highest BCUT2D eigenvalue weighted by atomic mass is 32.2. The van der Waals surface area contributed by atoms with Crippen LogP contribution in [0.1, 0.15) is 6.92 Å². The number of nitrogens with zero attached hydrogens (tertiary/aromatic N) is 4. The Bertz CT molecular complexity index is 653. The minimum Gasteiger partial charge on any atom is -0.336 e. The summed E-state index contributed by atoms with van der Waals surface area (Å²) in [7, 11) is 0. The Hall–Kier alpha value is -1.82. The first-order valence-electron chi connectivity index (χ1n) is 5.36. The lowest BCUT2D eigenvalue weighted by Crippen LogP contribution is -2.23. The molecule has 2 aliphatic heterocycles. The molecule has 1 N–H and O–H groups in total. The Labute approximate surface area is 102 Å². The molecular formula is C11H9N5S. The van der Waals surface area contributed by atoms with Crippen LogP contribution in [0.15, 0.2) is 29.4 Å². The molecule has 5 nitrogen and oxygen atoms in total. The quantitative estimate of drug-likeness (QED) is 0.769. The van der Waals surface area contributed by atoms with Gasteiger partial charge in [-0.05, 0) is 19.1 Å². The van der Waals surface area contributed by atoms with Crippen molar-refractivity contribution in [3.63, 3.8) is 0 Å². The van der Waals surface area contributed by atoms with Gasteiger partial charge < -0.3 is 5.32 Å². The van der Waals surface area contributed by atoms with Gasteiger partial charge in [-0.15, -0.1) is 0 Å². The summed E-state index contributed by atoms with van der Waals surface area (Å²) < 4.78 is 0. The number of rotatable bonds is 0. The number of benzene rings is 1. The zero-order valence-electron chi connectivity index (χ0n) is 9.08. The van der Waals surface area contributed by atoms with E-state index in [1.165, 1.54) is 0 Å². The van der Waals surface area contributed by atoms with E-state index in [4.69, 9.17) is 0 Å². The summed E-state index contributed by atoms with van der Waals surface area (Å²) in [6.45, 7) is 2.00. The minimum absolute atomic E-state index is 0.113. The van der Waals surface area contributed by atoms with Crippen LogP contribution < -0.4 is 10.3 Å². The van der Waals surface area contributed by atoms with E-state index < -0.39 is 0 Å². The average molecular weight is 243 g/mol. The maximum atomic E-state index is 4.61. The van der Waals surface area contributed by atoms with E-state index >= 15 is 0 Å². The van der Waals surface area contributed by atoms with E-state index in [0.29, 0.717) is 0 Å². The fourth-order valence-corrected chi connectivity index (χ4v) is 2.93. The zero-order valence-corrected chi connectivity index (χ0v) is 9.90. The van der Waals surface area contributed by atoms with E-state index in [0.717, 1.165) is 27.7 Å². The molecule has 4 rings (SSSR count). The summed E-state index contributed by atoms with van der Waals surface area (Å²) in [5, 5.41) is 10.7. The number of fused-ring (bicyclic) bond motifs is 4. The molecule has 1 atom stereocenters. The summed E-state index contributed by atoms with van der Waals surface area (Å²) in [5.74, 6) is 1.63. The molecule has 0 spiro atoms. The first-order chi connectivity index (χ1) is 8.31. The highest BCUT2D eigenvalue weighted by molar-refractivity contribution is 8.14. The first kappa shape index (κ1) is 9.23. The molecule has 1 aromatic heterocycles. The zero-order chi connectivity index (χ0) is 11.4. The molecule has 2 aliphatic rings. The van der Waals surface area contributed by atoms with Crippen molar-refractivity contribution in [2.75, 3.05) is 10.3 Å². The van der Waals surface area contributed by atoms with Gasteiger partial charge in [0.05, 0.1) is 16.1 Å². The van der Waals surface area contributed by atoms with Crippen LogP contribution in [0.4, 0.5) is 11.6 Å². The molecule has 1 unspecified atom stereocenters. The topological polar surface area (TPSA) is 53.4 Å². The second kappa shape index (κ2) is 3.10. The number of hydrogen-bond donors (Lipinski definition) is 1. The maximum absolute atomic E-state index is 4.61. The highest BCUT2D eigenvalue weighted by Gasteiger charge is 2.36. The van der Waals surface area contributed by atoms with Crippen molar-refractivity contribution in [3.05, 3.63) is 24.3 Å². The summed E-state index contributed by atoms with van der Waals surface area (Å²) >= 11 is 1.68. The predicted molar refractivity (Wildman–Crippen MR) is 70.1 cm³/mol. The van der Waals surface area contributed by atoms with Gasteiger partial charge in [0, 0.05) is 0 Å². The van der Waals surface area contributed by atoms with Crippen LogP contribution in [0.2, 0.25) is 0 Å². The van der Waals surface area contributed by atoms with Gasteiger partial charge in [-0.2, -0.15) is 5.10 Å². The van der Waals surface area contributed by atoms with Gasteiger partial charge in [0.25, 0.3) is 0 Å². The number of hydrazone groups is 1. The van der Waals surface area contributed by atoms with Crippen LogP contribution in [0.3, 0.4) is 0 Å². The molecule has 0 saturated heterocycles. The van der Waals surface area contributed by atoms with Gasteiger partial charge >= 0.3 is 0 Å². The van der Waals surface area contributed by atoms with E-state index in [2.05, 4.69) is 20.4 Å². The fourth-order valence-electron chi connectivity index (χ4n) is 2.05. The lowest BCUT2D eigenvalue weighted by atomic mass is 10.3. The Morgan fingerprint density at radius 3 is 2.82 bits per heavy atom. The molecule has 84 valence electrons. The van der Waals surface area contributed by atoms with Gasteiger partial charge in [-0.25, -0.2) is 15.0 Å². The van der Waals surface area contributed by atoms with Crippen LogP contribution in [0.5, 0.6) is 0 Å². The summed E-state index contributed by atoms with van der Waals surface area (Å²) in [6.07, 6.45) is 0. The molecule has 0 aliphatic carbocycles. The summed E-state index contributed by atoms with van der Waals surface area (Å²) in [4.78, 5) is 9.18. The van der Waals surface area contributed by atoms with Crippen LogP contribution in [-0.2, 0) is 0 Å². The molecule has 0 fully saturated rings. The molecule has 0 amide bonds. The second-order valence-corrected chi connectivity index (χ2v) is 5.24. The number of hydrogen-bond acceptors (Lipinski definition) is 6. The second-order valence-electron chi connectivity index (χ2n) is 3.96. The molecular weight excluding hydrogens is 234 g/mol. The van der Waals surface area contributed by atoms with Gasteiger partial charge in [0.2, 0.25) is 0 Å². The van der Waals surface area contributed by atoms with E-state index in [-0.39, 0.29) is 5.50 Å².